The highest BCUT2D eigenvalue weighted by Gasteiger charge is 2.43. The van der Waals surface area contributed by atoms with E-state index in [9.17, 15) is 14.4 Å². The summed E-state index contributed by atoms with van der Waals surface area (Å²) in [6.07, 6.45) is 4.06. The van der Waals surface area contributed by atoms with Crippen molar-refractivity contribution < 1.29 is 14.4 Å². The standard InChI is InChI=1S/C19H31N3O3/c1-13(2)11-17(23)20-9-6-15(7-10-20)19(25)22-12-16-5-4-8-21(16)18(24)14(22)3/h13-16H,4-12H2,1-3H3. The number of hydrogen-bond acceptors (Lipinski definition) is 3. The number of hydrogen-bond donors (Lipinski definition) is 0. The van der Waals surface area contributed by atoms with E-state index < -0.39 is 0 Å². The molecule has 0 aromatic heterocycles. The monoisotopic (exact) mass is 349 g/mol. The van der Waals surface area contributed by atoms with Crippen LogP contribution in [0.5, 0.6) is 0 Å². The van der Waals surface area contributed by atoms with Gasteiger partial charge in [0.1, 0.15) is 6.04 Å². The Morgan fingerprint density at radius 1 is 1.12 bits per heavy atom. The molecule has 0 aliphatic carbocycles. The number of fused-ring (bicyclic) bond motifs is 1. The molecule has 0 bridgehead atoms. The smallest absolute Gasteiger partial charge is 0.245 e. The number of nitrogens with zero attached hydrogens (tertiary/aromatic N) is 3. The summed E-state index contributed by atoms with van der Waals surface area (Å²) < 4.78 is 0. The summed E-state index contributed by atoms with van der Waals surface area (Å²) in [5.41, 5.74) is 0. The van der Waals surface area contributed by atoms with E-state index in [4.69, 9.17) is 0 Å². The molecule has 3 amide bonds. The van der Waals surface area contributed by atoms with Crippen LogP contribution < -0.4 is 0 Å². The van der Waals surface area contributed by atoms with Crippen molar-refractivity contribution in [3.63, 3.8) is 0 Å². The SMILES string of the molecule is CC(C)CC(=O)N1CCC(C(=O)N2CC3CCCN3C(=O)C2C)CC1. The minimum atomic E-state index is -0.345. The molecule has 3 fully saturated rings. The largest absolute Gasteiger partial charge is 0.343 e. The fourth-order valence-corrected chi connectivity index (χ4v) is 4.44. The Hall–Kier alpha value is -1.59. The van der Waals surface area contributed by atoms with Crippen LogP contribution in [-0.4, -0.2) is 70.7 Å². The van der Waals surface area contributed by atoms with Gasteiger partial charge in [-0.15, -0.1) is 0 Å². The third kappa shape index (κ3) is 3.67. The molecule has 0 aromatic carbocycles. The molecule has 6 nitrogen and oxygen atoms in total. The summed E-state index contributed by atoms with van der Waals surface area (Å²) in [5.74, 6) is 0.728. The predicted octanol–water partition coefficient (Wildman–Crippen LogP) is 1.49. The molecule has 3 saturated heterocycles. The van der Waals surface area contributed by atoms with Crippen molar-refractivity contribution in [2.45, 2.75) is 65.0 Å². The Morgan fingerprint density at radius 2 is 1.80 bits per heavy atom. The van der Waals surface area contributed by atoms with Crippen molar-refractivity contribution >= 4 is 17.7 Å². The van der Waals surface area contributed by atoms with E-state index in [1.54, 1.807) is 0 Å². The Bertz CT molecular complexity index is 540. The fraction of sp³-hybridized carbons (Fsp3) is 0.842. The normalized spacial score (nSPS) is 27.8. The first-order valence-electron chi connectivity index (χ1n) is 9.77. The first-order chi connectivity index (χ1) is 11.9. The average Bonchev–Trinajstić information content (AvgIpc) is 3.06. The number of likely N-dealkylation sites (tertiary alicyclic amines) is 1. The third-order valence-corrected chi connectivity index (χ3v) is 5.96. The molecule has 2 atom stereocenters. The lowest BCUT2D eigenvalue weighted by atomic mass is 9.93. The van der Waals surface area contributed by atoms with E-state index in [1.807, 2.05) is 21.6 Å². The van der Waals surface area contributed by atoms with Crippen LogP contribution in [0.1, 0.15) is 52.9 Å². The molecule has 0 N–H and O–H groups in total. The average molecular weight is 349 g/mol. The molecule has 3 heterocycles. The van der Waals surface area contributed by atoms with Gasteiger partial charge in [-0.05, 0) is 38.5 Å². The number of piperazine rings is 1. The molecule has 2 unspecified atom stereocenters. The van der Waals surface area contributed by atoms with Gasteiger partial charge in [-0.2, -0.15) is 0 Å². The highest BCUT2D eigenvalue weighted by Crippen LogP contribution is 2.29. The van der Waals surface area contributed by atoms with Crippen molar-refractivity contribution in [1.82, 2.24) is 14.7 Å². The molecule has 3 aliphatic rings. The number of piperidine rings is 1. The molecular formula is C19H31N3O3. The lowest BCUT2D eigenvalue weighted by molar-refractivity contribution is -0.155. The summed E-state index contributed by atoms with van der Waals surface area (Å²) in [7, 11) is 0. The molecule has 3 rings (SSSR count). The van der Waals surface area contributed by atoms with E-state index in [-0.39, 0.29) is 35.7 Å². The van der Waals surface area contributed by atoms with Crippen molar-refractivity contribution in [3.05, 3.63) is 0 Å². The number of carbonyl (C=O) groups excluding carboxylic acids is 3. The molecule has 0 saturated carbocycles. The van der Waals surface area contributed by atoms with Crippen LogP contribution in [0.3, 0.4) is 0 Å². The third-order valence-electron chi connectivity index (χ3n) is 5.96. The second kappa shape index (κ2) is 7.34. The Labute approximate surface area is 150 Å². The van der Waals surface area contributed by atoms with Crippen molar-refractivity contribution in [2.24, 2.45) is 11.8 Å². The van der Waals surface area contributed by atoms with Gasteiger partial charge in [-0.25, -0.2) is 0 Å². The molecule has 6 heteroatoms. The van der Waals surface area contributed by atoms with Gasteiger partial charge in [0.15, 0.2) is 0 Å². The maximum atomic E-state index is 13.0. The zero-order chi connectivity index (χ0) is 18.1. The Morgan fingerprint density at radius 3 is 2.44 bits per heavy atom. The fourth-order valence-electron chi connectivity index (χ4n) is 4.44. The molecule has 25 heavy (non-hydrogen) atoms. The van der Waals surface area contributed by atoms with Crippen LogP contribution in [-0.2, 0) is 14.4 Å². The minimum absolute atomic E-state index is 0.0497. The lowest BCUT2D eigenvalue weighted by Gasteiger charge is -2.43. The van der Waals surface area contributed by atoms with E-state index in [0.29, 0.717) is 44.8 Å². The van der Waals surface area contributed by atoms with Crippen LogP contribution in [0.15, 0.2) is 0 Å². The maximum Gasteiger partial charge on any atom is 0.245 e. The second-order valence-corrected chi connectivity index (χ2v) is 8.25. The van der Waals surface area contributed by atoms with Gasteiger partial charge in [0.05, 0.1) is 0 Å². The first kappa shape index (κ1) is 18.2. The zero-order valence-electron chi connectivity index (χ0n) is 15.7. The van der Waals surface area contributed by atoms with Crippen molar-refractivity contribution in [2.75, 3.05) is 26.2 Å². The van der Waals surface area contributed by atoms with Gasteiger partial charge < -0.3 is 14.7 Å². The van der Waals surface area contributed by atoms with Crippen LogP contribution in [0.2, 0.25) is 0 Å². The van der Waals surface area contributed by atoms with Gasteiger partial charge in [0.25, 0.3) is 0 Å². The highest BCUT2D eigenvalue weighted by atomic mass is 16.2. The van der Waals surface area contributed by atoms with Gasteiger partial charge in [-0.1, -0.05) is 13.8 Å². The molecule has 0 spiro atoms. The van der Waals surface area contributed by atoms with Gasteiger partial charge in [0, 0.05) is 44.6 Å². The Kier molecular flexibility index (Phi) is 5.35. The van der Waals surface area contributed by atoms with Crippen LogP contribution in [0.4, 0.5) is 0 Å². The maximum absolute atomic E-state index is 13.0. The van der Waals surface area contributed by atoms with Gasteiger partial charge >= 0.3 is 0 Å². The van der Waals surface area contributed by atoms with Gasteiger partial charge in [0.2, 0.25) is 17.7 Å². The zero-order valence-corrected chi connectivity index (χ0v) is 15.7. The molecule has 3 aliphatic heterocycles. The summed E-state index contributed by atoms with van der Waals surface area (Å²) in [5, 5.41) is 0. The van der Waals surface area contributed by atoms with E-state index in [2.05, 4.69) is 13.8 Å². The van der Waals surface area contributed by atoms with E-state index in [1.165, 1.54) is 0 Å². The molecular weight excluding hydrogens is 318 g/mol. The second-order valence-electron chi connectivity index (χ2n) is 8.25. The predicted molar refractivity (Wildman–Crippen MR) is 94.7 cm³/mol. The molecule has 0 radical (unpaired) electrons. The first-order valence-corrected chi connectivity index (χ1v) is 9.77. The van der Waals surface area contributed by atoms with Crippen molar-refractivity contribution in [1.29, 1.82) is 0 Å². The van der Waals surface area contributed by atoms with Gasteiger partial charge in [-0.3, -0.25) is 14.4 Å². The lowest BCUT2D eigenvalue weighted by Crippen LogP contribution is -2.61. The van der Waals surface area contributed by atoms with Crippen LogP contribution >= 0.6 is 0 Å². The quantitative estimate of drug-likeness (QED) is 0.776. The summed E-state index contributed by atoms with van der Waals surface area (Å²) >= 11 is 0. The van der Waals surface area contributed by atoms with Crippen molar-refractivity contribution in [3.8, 4) is 0 Å². The number of carbonyl (C=O) groups is 3. The van der Waals surface area contributed by atoms with E-state index >= 15 is 0 Å². The number of amides is 3. The van der Waals surface area contributed by atoms with Crippen LogP contribution in [0.25, 0.3) is 0 Å². The highest BCUT2D eigenvalue weighted by molar-refractivity contribution is 5.90. The molecule has 140 valence electrons. The topological polar surface area (TPSA) is 60.9 Å². The summed E-state index contributed by atoms with van der Waals surface area (Å²) in [6, 6.07) is -0.136. The Balaban J connectivity index is 1.57. The molecule has 0 aromatic rings. The van der Waals surface area contributed by atoms with Crippen LogP contribution in [0, 0.1) is 11.8 Å². The summed E-state index contributed by atoms with van der Waals surface area (Å²) in [6.45, 7) is 8.80. The summed E-state index contributed by atoms with van der Waals surface area (Å²) in [4.78, 5) is 43.4. The van der Waals surface area contributed by atoms with E-state index in [0.717, 1.165) is 19.4 Å². The number of rotatable bonds is 3. The minimum Gasteiger partial charge on any atom is -0.343 e.